The normalized spacial score (nSPS) is 13.2. The first kappa shape index (κ1) is 24.1. The fraction of sp³-hybridized carbons (Fsp3) is 0.280. The third kappa shape index (κ3) is 4.39. The molecule has 0 unspecified atom stereocenters. The second-order valence-electron chi connectivity index (χ2n) is 8.54. The lowest BCUT2D eigenvalue weighted by molar-refractivity contribution is 0.469. The van der Waals surface area contributed by atoms with Crippen LogP contribution in [0.3, 0.4) is 0 Å². The van der Waals surface area contributed by atoms with Crippen LogP contribution in [-0.4, -0.2) is 29.4 Å². The van der Waals surface area contributed by atoms with Gasteiger partial charge in [0.15, 0.2) is 5.65 Å². The minimum atomic E-state index is -0.639. The number of nitrogen functional groups attached to an aromatic ring is 1. The van der Waals surface area contributed by atoms with Gasteiger partial charge >= 0.3 is 0 Å². The van der Waals surface area contributed by atoms with Crippen LogP contribution >= 0.6 is 0 Å². The van der Waals surface area contributed by atoms with Crippen molar-refractivity contribution in [3.05, 3.63) is 62.9 Å². The van der Waals surface area contributed by atoms with Gasteiger partial charge in [-0.25, -0.2) is 23.4 Å². The van der Waals surface area contributed by atoms with E-state index in [2.05, 4.69) is 15.1 Å². The summed E-state index contributed by atoms with van der Waals surface area (Å²) in [5.41, 5.74) is 7.25. The lowest BCUT2D eigenvalue weighted by Crippen LogP contribution is -2.47. The Hall–Kier alpha value is -4.08. The quantitative estimate of drug-likeness (QED) is 0.454. The molecule has 0 aliphatic rings. The summed E-state index contributed by atoms with van der Waals surface area (Å²) in [6, 6.07) is 5.10. The van der Waals surface area contributed by atoms with E-state index in [1.54, 1.807) is 16.8 Å². The molecule has 0 aliphatic heterocycles. The maximum absolute atomic E-state index is 14.4. The van der Waals surface area contributed by atoms with Crippen molar-refractivity contribution in [2.24, 2.45) is 0 Å². The van der Waals surface area contributed by atoms with Crippen molar-refractivity contribution >= 4 is 28.8 Å². The average Bonchev–Trinajstić information content (AvgIpc) is 3.12. The van der Waals surface area contributed by atoms with Crippen LogP contribution in [-0.2, 0) is 6.54 Å². The van der Waals surface area contributed by atoms with E-state index >= 15 is 0 Å². The number of hydrogen-bond acceptors (Lipinski definition) is 6. The molecule has 0 aliphatic carbocycles. The monoisotopic (exact) mass is 480 g/mol. The van der Waals surface area contributed by atoms with Crippen LogP contribution in [0.2, 0.25) is 0 Å². The average molecular weight is 481 g/mol. The highest BCUT2D eigenvalue weighted by Gasteiger charge is 2.20. The van der Waals surface area contributed by atoms with Gasteiger partial charge in [-0.05, 0) is 50.6 Å². The number of phenols is 1. The van der Waals surface area contributed by atoms with Crippen molar-refractivity contribution in [2.45, 2.75) is 46.7 Å². The van der Waals surface area contributed by atoms with Crippen molar-refractivity contribution in [1.29, 1.82) is 0 Å². The number of phenolic OH excluding ortho intramolecular Hbond substituents is 1. The molecule has 3 N–H and O–H groups in total. The molecule has 0 saturated heterocycles. The van der Waals surface area contributed by atoms with Crippen molar-refractivity contribution in [3.63, 3.8) is 0 Å². The maximum atomic E-state index is 14.4. The van der Waals surface area contributed by atoms with Crippen molar-refractivity contribution < 1.29 is 13.9 Å². The minimum Gasteiger partial charge on any atom is -0.508 e. The summed E-state index contributed by atoms with van der Waals surface area (Å²) >= 11 is 0. The smallest absolute Gasteiger partial charge is 0.261 e. The zero-order valence-corrected chi connectivity index (χ0v) is 19.9. The predicted molar refractivity (Wildman–Crippen MR) is 131 cm³/mol. The summed E-state index contributed by atoms with van der Waals surface area (Å²) in [6.07, 6.45) is 3.71. The molecular weight excluding hydrogens is 454 g/mol. The summed E-state index contributed by atoms with van der Waals surface area (Å²) < 4.78 is 31.5. The first-order valence-electron chi connectivity index (χ1n) is 11.2. The Balaban J connectivity index is 2.01. The highest BCUT2D eigenvalue weighted by Crippen LogP contribution is 2.32. The summed E-state index contributed by atoms with van der Waals surface area (Å²) in [5.74, 6) is -1.31. The van der Waals surface area contributed by atoms with Gasteiger partial charge in [0.2, 0.25) is 0 Å². The number of rotatable bonds is 5. The topological polar surface area (TPSA) is 112 Å². The highest BCUT2D eigenvalue weighted by molar-refractivity contribution is 5.98. The second-order valence-corrected chi connectivity index (χ2v) is 8.54. The number of halogens is 2. The van der Waals surface area contributed by atoms with Crippen LogP contribution < -0.4 is 21.7 Å². The van der Waals surface area contributed by atoms with Crippen LogP contribution in [0.4, 0.5) is 14.6 Å². The van der Waals surface area contributed by atoms with Crippen molar-refractivity contribution in [1.82, 2.24) is 24.3 Å². The molecule has 1 aromatic carbocycles. The summed E-state index contributed by atoms with van der Waals surface area (Å²) in [5, 5.41) is 15.5. The predicted octanol–water partition coefficient (Wildman–Crippen LogP) is 3.00. The van der Waals surface area contributed by atoms with Gasteiger partial charge in [-0.2, -0.15) is 5.10 Å². The second kappa shape index (κ2) is 9.28. The fourth-order valence-electron chi connectivity index (χ4n) is 4.32. The molecule has 182 valence electrons. The molecule has 0 fully saturated rings. The molecule has 4 rings (SSSR count). The first-order chi connectivity index (χ1) is 16.6. The summed E-state index contributed by atoms with van der Waals surface area (Å²) in [7, 11) is 0. The molecule has 0 spiro atoms. The molecule has 10 heteroatoms. The number of nitrogens with two attached hydrogens (primary N) is 1. The van der Waals surface area contributed by atoms with E-state index in [4.69, 9.17) is 5.73 Å². The molecule has 0 bridgehead atoms. The number of aromatic hydroxyl groups is 1. The van der Waals surface area contributed by atoms with E-state index in [9.17, 15) is 18.7 Å². The van der Waals surface area contributed by atoms with E-state index in [1.807, 2.05) is 20.8 Å². The van der Waals surface area contributed by atoms with E-state index in [0.29, 0.717) is 33.9 Å². The Kier molecular flexibility index (Phi) is 6.38. The Morgan fingerprint density at radius 1 is 1.23 bits per heavy atom. The molecule has 35 heavy (non-hydrogen) atoms. The van der Waals surface area contributed by atoms with Crippen molar-refractivity contribution in [3.8, 4) is 17.0 Å². The lowest BCUT2D eigenvalue weighted by Gasteiger charge is -2.17. The molecule has 4 aromatic rings. The summed E-state index contributed by atoms with van der Waals surface area (Å²) in [4.78, 5) is 21.7. The number of aromatic nitrogens is 5. The standard InChI is InChI=1S/C25H26F2N6O2/c1-5-6-15-8-18(33(13(2)3)25(35)20(15)14(4)26)11-32-24-21(23(28)29-12-30-24)22(31-32)16-7-17(27)10-19(34)9-16/h6-10,12-13,34H,5,11H2,1-4H3,(H2,28,29,30)/b15-6-,20-14-. The number of fused-ring (bicyclic) bond motifs is 1. The third-order valence-corrected chi connectivity index (χ3v) is 5.66. The number of hydrogen-bond donors (Lipinski definition) is 2. The Labute approximate surface area is 199 Å². The Morgan fingerprint density at radius 2 is 1.97 bits per heavy atom. The first-order valence-corrected chi connectivity index (χ1v) is 11.2. The van der Waals surface area contributed by atoms with E-state index < -0.39 is 17.2 Å². The number of anilines is 1. The molecular formula is C25H26F2N6O2. The molecule has 3 heterocycles. The zero-order valence-electron chi connectivity index (χ0n) is 19.9. The van der Waals surface area contributed by atoms with Gasteiger partial charge in [0.05, 0.1) is 17.1 Å². The van der Waals surface area contributed by atoms with E-state index in [0.717, 1.165) is 6.07 Å². The van der Waals surface area contributed by atoms with Crippen LogP contribution in [0.1, 0.15) is 45.9 Å². The van der Waals surface area contributed by atoms with Gasteiger partial charge in [0, 0.05) is 23.4 Å². The number of nitrogens with zero attached hydrogens (tertiary/aromatic N) is 5. The Morgan fingerprint density at radius 3 is 2.60 bits per heavy atom. The molecule has 0 atom stereocenters. The van der Waals surface area contributed by atoms with Gasteiger partial charge in [-0.15, -0.1) is 0 Å². The highest BCUT2D eigenvalue weighted by atomic mass is 19.1. The van der Waals surface area contributed by atoms with Crippen LogP contribution in [0.5, 0.6) is 5.75 Å². The molecule has 0 saturated carbocycles. The molecule has 0 amide bonds. The van der Waals surface area contributed by atoms with Gasteiger partial charge in [-0.1, -0.05) is 13.0 Å². The van der Waals surface area contributed by atoms with Crippen LogP contribution in [0.25, 0.3) is 34.2 Å². The van der Waals surface area contributed by atoms with Crippen LogP contribution in [0.15, 0.2) is 35.4 Å². The van der Waals surface area contributed by atoms with Gasteiger partial charge in [0.25, 0.3) is 5.56 Å². The lowest BCUT2D eigenvalue weighted by atomic mass is 10.1. The SMILES string of the molecule is CC/C=c1/cc(Cn2nc(-c3cc(O)cc(F)c3)c3c(N)ncnc32)n(C(C)C)c(=O)/c1=C(/C)F. The minimum absolute atomic E-state index is 0.0390. The van der Waals surface area contributed by atoms with Crippen LogP contribution in [0, 0.1) is 5.82 Å². The van der Waals surface area contributed by atoms with E-state index in [1.165, 1.54) is 30.0 Å². The van der Waals surface area contributed by atoms with E-state index in [-0.39, 0.29) is 35.1 Å². The maximum Gasteiger partial charge on any atom is 0.261 e. The van der Waals surface area contributed by atoms with Gasteiger partial charge < -0.3 is 15.4 Å². The number of pyridine rings is 1. The summed E-state index contributed by atoms with van der Waals surface area (Å²) in [6.45, 7) is 6.97. The third-order valence-electron chi connectivity index (χ3n) is 5.66. The van der Waals surface area contributed by atoms with Gasteiger partial charge in [-0.3, -0.25) is 4.79 Å². The fourth-order valence-corrected chi connectivity index (χ4v) is 4.32. The molecule has 0 radical (unpaired) electrons. The van der Waals surface area contributed by atoms with Gasteiger partial charge in [0.1, 0.15) is 35.2 Å². The Bertz CT molecular complexity index is 1600. The molecule has 3 aromatic heterocycles. The largest absolute Gasteiger partial charge is 0.508 e. The molecule has 8 nitrogen and oxygen atoms in total. The van der Waals surface area contributed by atoms with Crippen molar-refractivity contribution in [2.75, 3.05) is 5.73 Å². The zero-order chi connectivity index (χ0) is 25.4. The number of benzene rings is 1.